The number of rotatable bonds is 8. The Hall–Kier alpha value is -2.67. The van der Waals surface area contributed by atoms with Gasteiger partial charge in [0.15, 0.2) is 14.6 Å². The number of aromatic nitrogens is 1. The molecule has 0 aliphatic carbocycles. The van der Waals surface area contributed by atoms with Crippen LogP contribution in [0.15, 0.2) is 69.9 Å². The minimum Gasteiger partial charge on any atom is -0.313 e. The van der Waals surface area contributed by atoms with Crippen molar-refractivity contribution in [2.24, 2.45) is 10.1 Å². The highest BCUT2D eigenvalue weighted by Crippen LogP contribution is 2.21. The predicted molar refractivity (Wildman–Crippen MR) is 120 cm³/mol. The molecule has 2 N–H and O–H groups in total. The van der Waals surface area contributed by atoms with Gasteiger partial charge in [0, 0.05) is 13.0 Å². The Morgan fingerprint density at radius 3 is 2.41 bits per heavy atom. The van der Waals surface area contributed by atoms with Crippen LogP contribution in [0.4, 0.5) is 4.39 Å². The predicted octanol–water partition coefficient (Wildman–Crippen LogP) is 2.36. The third kappa shape index (κ3) is 5.57. The van der Waals surface area contributed by atoms with Crippen LogP contribution in [0.25, 0.3) is 10.2 Å². The van der Waals surface area contributed by atoms with Crippen LogP contribution in [0.2, 0.25) is 0 Å². The molecular weight excluding hydrogens is 477 g/mol. The summed E-state index contributed by atoms with van der Waals surface area (Å²) in [6.45, 7) is 4.01. The number of halogens is 1. The lowest BCUT2D eigenvalue weighted by Crippen LogP contribution is -2.16. The molecule has 0 saturated carbocycles. The zero-order chi connectivity index (χ0) is 23.5. The molecule has 0 saturated heterocycles. The highest BCUT2D eigenvalue weighted by atomic mass is 32.2. The maximum absolute atomic E-state index is 13.0. The first-order chi connectivity index (χ1) is 15.0. The van der Waals surface area contributed by atoms with Gasteiger partial charge < -0.3 is 4.57 Å². The molecule has 0 fully saturated rings. The van der Waals surface area contributed by atoms with Crippen molar-refractivity contribution in [1.82, 2.24) is 4.57 Å². The van der Waals surface area contributed by atoms with Crippen molar-refractivity contribution < 1.29 is 26.0 Å². The third-order valence-electron chi connectivity index (χ3n) is 4.49. The molecule has 0 radical (unpaired) electrons. The average Bonchev–Trinajstić information content (AvgIpc) is 3.04. The summed E-state index contributed by atoms with van der Waals surface area (Å²) in [7, 11) is -7.53. The number of allylic oxidation sites excluding steroid dienone is 1. The maximum atomic E-state index is 13.0. The standard InChI is InChI=1S/C20H20FN3O5S3/c1-2-11-24-17-10-9-16(32(22,28)29)13-18(17)30-20(24)23-19(25)4-3-12-31(26,27)15-7-5-14(21)6-8-15/h2,5-10,13H,1,3-4,11-12H2,(H2,22,28,29). The van der Waals surface area contributed by atoms with Crippen LogP contribution < -0.4 is 9.94 Å². The van der Waals surface area contributed by atoms with Crippen molar-refractivity contribution in [2.75, 3.05) is 5.75 Å². The van der Waals surface area contributed by atoms with Crippen molar-refractivity contribution in [2.45, 2.75) is 29.2 Å². The van der Waals surface area contributed by atoms with Gasteiger partial charge in [-0.05, 0) is 48.9 Å². The number of fused-ring (bicyclic) bond motifs is 1. The van der Waals surface area contributed by atoms with Crippen molar-refractivity contribution in [1.29, 1.82) is 0 Å². The van der Waals surface area contributed by atoms with E-state index in [9.17, 15) is 26.0 Å². The van der Waals surface area contributed by atoms with Crippen molar-refractivity contribution in [3.8, 4) is 0 Å². The fourth-order valence-corrected chi connectivity index (χ4v) is 5.98. The van der Waals surface area contributed by atoms with Crippen molar-refractivity contribution in [3.63, 3.8) is 0 Å². The van der Waals surface area contributed by atoms with Gasteiger partial charge in [0.2, 0.25) is 15.9 Å². The van der Waals surface area contributed by atoms with Crippen LogP contribution in [0.1, 0.15) is 12.8 Å². The number of carbonyl (C=O) groups is 1. The molecule has 1 aromatic heterocycles. The SMILES string of the molecule is C=CCn1c(=NC(=O)CCCS(=O)(=O)c2ccc(F)cc2)sc2cc(S(N)(=O)=O)ccc21. The lowest BCUT2D eigenvalue weighted by Gasteiger charge is -2.04. The van der Waals surface area contributed by atoms with Gasteiger partial charge in [-0.2, -0.15) is 4.99 Å². The van der Waals surface area contributed by atoms with E-state index in [0.717, 1.165) is 23.5 Å². The molecule has 1 heterocycles. The monoisotopic (exact) mass is 497 g/mol. The number of amides is 1. The van der Waals surface area contributed by atoms with Crippen LogP contribution in [0.3, 0.4) is 0 Å². The Labute approximate surface area is 188 Å². The van der Waals surface area contributed by atoms with E-state index in [1.807, 2.05) is 0 Å². The zero-order valence-corrected chi connectivity index (χ0v) is 19.2. The van der Waals surface area contributed by atoms with Crippen LogP contribution in [0, 0.1) is 5.82 Å². The number of nitrogens with zero attached hydrogens (tertiary/aromatic N) is 2. The number of hydrogen-bond donors (Lipinski definition) is 1. The first-order valence-electron chi connectivity index (χ1n) is 9.34. The molecule has 2 aromatic carbocycles. The van der Waals surface area contributed by atoms with E-state index in [-0.39, 0.29) is 28.4 Å². The Morgan fingerprint density at radius 1 is 1.12 bits per heavy atom. The molecule has 0 aliphatic heterocycles. The minimum absolute atomic E-state index is 0.0118. The zero-order valence-electron chi connectivity index (χ0n) is 16.8. The smallest absolute Gasteiger partial charge is 0.248 e. The van der Waals surface area contributed by atoms with Crippen LogP contribution in [0.5, 0.6) is 0 Å². The van der Waals surface area contributed by atoms with Gasteiger partial charge in [0.05, 0.1) is 25.8 Å². The molecule has 3 rings (SSSR count). The second-order valence-electron chi connectivity index (χ2n) is 6.84. The van der Waals surface area contributed by atoms with Crippen LogP contribution >= 0.6 is 11.3 Å². The Bertz CT molecular complexity index is 1450. The normalized spacial score (nSPS) is 12.9. The number of sulfonamides is 1. The first-order valence-corrected chi connectivity index (χ1v) is 13.4. The second-order valence-corrected chi connectivity index (χ2v) is 11.5. The molecule has 0 bridgehead atoms. The van der Waals surface area contributed by atoms with Crippen molar-refractivity contribution in [3.05, 3.63) is 65.7 Å². The number of carbonyl (C=O) groups excluding carboxylic acids is 1. The van der Waals surface area contributed by atoms with E-state index in [1.54, 1.807) is 16.7 Å². The fraction of sp³-hybridized carbons (Fsp3) is 0.200. The van der Waals surface area contributed by atoms with E-state index in [0.29, 0.717) is 21.6 Å². The summed E-state index contributed by atoms with van der Waals surface area (Å²) in [5.41, 5.74) is 0.660. The summed E-state index contributed by atoms with van der Waals surface area (Å²) in [5.74, 6) is -1.34. The van der Waals surface area contributed by atoms with E-state index in [1.165, 1.54) is 24.3 Å². The lowest BCUT2D eigenvalue weighted by molar-refractivity contribution is -0.118. The van der Waals surface area contributed by atoms with Crippen LogP contribution in [-0.2, 0) is 31.2 Å². The van der Waals surface area contributed by atoms with E-state index >= 15 is 0 Å². The summed E-state index contributed by atoms with van der Waals surface area (Å²) >= 11 is 1.11. The number of hydrogen-bond acceptors (Lipinski definition) is 6. The molecule has 32 heavy (non-hydrogen) atoms. The van der Waals surface area contributed by atoms with Crippen LogP contribution in [-0.4, -0.2) is 33.1 Å². The summed E-state index contributed by atoms with van der Waals surface area (Å²) in [6.07, 6.45) is 1.55. The number of primary sulfonamides is 1. The van der Waals surface area contributed by atoms with Gasteiger partial charge in [0.25, 0.3) is 0 Å². The molecule has 8 nitrogen and oxygen atoms in total. The molecule has 0 spiro atoms. The van der Waals surface area contributed by atoms with Gasteiger partial charge >= 0.3 is 0 Å². The molecule has 0 atom stereocenters. The molecule has 1 amide bonds. The number of benzene rings is 2. The topological polar surface area (TPSA) is 129 Å². The summed E-state index contributed by atoms with van der Waals surface area (Å²) in [5, 5.41) is 5.18. The third-order valence-corrected chi connectivity index (χ3v) is 8.26. The Morgan fingerprint density at radius 2 is 1.78 bits per heavy atom. The van der Waals surface area contributed by atoms with Gasteiger partial charge in [-0.1, -0.05) is 17.4 Å². The van der Waals surface area contributed by atoms with E-state index in [4.69, 9.17) is 5.14 Å². The molecule has 0 unspecified atom stereocenters. The fourth-order valence-electron chi connectivity index (χ4n) is 2.96. The van der Waals surface area contributed by atoms with Crippen molar-refractivity contribution >= 4 is 47.3 Å². The Balaban J connectivity index is 1.81. The summed E-state index contributed by atoms with van der Waals surface area (Å²) in [6, 6.07) is 8.85. The van der Waals surface area contributed by atoms with Gasteiger partial charge in [0.1, 0.15) is 5.82 Å². The minimum atomic E-state index is -3.88. The number of nitrogens with two attached hydrogens (primary N) is 1. The molecular formula is C20H20FN3O5S3. The maximum Gasteiger partial charge on any atom is 0.248 e. The molecule has 0 aliphatic rings. The number of thiazole rings is 1. The Kier molecular flexibility index (Phi) is 7.08. The van der Waals surface area contributed by atoms with Gasteiger partial charge in [-0.15, -0.1) is 6.58 Å². The molecule has 12 heteroatoms. The summed E-state index contributed by atoms with van der Waals surface area (Å²) < 4.78 is 63.1. The van der Waals surface area contributed by atoms with E-state index in [2.05, 4.69) is 11.6 Å². The van der Waals surface area contributed by atoms with Gasteiger partial charge in [-0.3, -0.25) is 4.79 Å². The highest BCUT2D eigenvalue weighted by molar-refractivity contribution is 7.91. The highest BCUT2D eigenvalue weighted by Gasteiger charge is 2.16. The molecule has 170 valence electrons. The average molecular weight is 498 g/mol. The second kappa shape index (κ2) is 9.45. The largest absolute Gasteiger partial charge is 0.313 e. The quantitative estimate of drug-likeness (QED) is 0.377. The summed E-state index contributed by atoms with van der Waals surface area (Å²) in [4.78, 5) is 16.7. The first kappa shape index (κ1) is 24.0. The lowest BCUT2D eigenvalue weighted by atomic mass is 10.3. The van der Waals surface area contributed by atoms with Gasteiger partial charge in [-0.25, -0.2) is 26.4 Å². The molecule has 3 aromatic rings. The van der Waals surface area contributed by atoms with E-state index < -0.39 is 31.6 Å². The number of sulfone groups is 1.